The van der Waals surface area contributed by atoms with Crippen LogP contribution in [0.1, 0.15) is 13.8 Å². The zero-order chi connectivity index (χ0) is 20.9. The molecule has 0 aliphatic heterocycles. The lowest BCUT2D eigenvalue weighted by atomic mass is 10.2. The van der Waals surface area contributed by atoms with Gasteiger partial charge in [-0.05, 0) is 19.9 Å². The van der Waals surface area contributed by atoms with Gasteiger partial charge in [-0.2, -0.15) is 13.2 Å². The number of allylic oxidation sites excluding steroid dienone is 2. The number of fused-ring (bicyclic) bond motifs is 3. The Morgan fingerprint density at radius 1 is 1.43 bits per heavy atom. The number of nitrogens with zero attached hydrogens (tertiary/aromatic N) is 3. The van der Waals surface area contributed by atoms with Crippen molar-refractivity contribution in [1.82, 2.24) is 14.5 Å². The quantitative estimate of drug-likeness (QED) is 0.633. The molecule has 3 heterocycles. The molecule has 3 rings (SSSR count). The van der Waals surface area contributed by atoms with E-state index in [1.165, 1.54) is 29.2 Å². The Morgan fingerprint density at radius 2 is 2.11 bits per heavy atom. The van der Waals surface area contributed by atoms with Gasteiger partial charge in [0.15, 0.2) is 0 Å². The number of thiophene rings is 1. The number of nitrogens with one attached hydrogen (secondary N) is 1. The second-order valence-corrected chi connectivity index (χ2v) is 6.61. The Hall–Kier alpha value is -2.72. The Bertz CT molecular complexity index is 1070. The van der Waals surface area contributed by atoms with Gasteiger partial charge >= 0.3 is 6.18 Å². The van der Waals surface area contributed by atoms with Crippen molar-refractivity contribution in [3.05, 3.63) is 47.7 Å². The normalized spacial score (nSPS) is 12.0. The van der Waals surface area contributed by atoms with Crippen LogP contribution >= 0.6 is 11.3 Å². The van der Waals surface area contributed by atoms with Crippen LogP contribution < -0.4 is 10.9 Å². The van der Waals surface area contributed by atoms with Crippen LogP contribution in [-0.4, -0.2) is 39.0 Å². The first-order valence-electron chi connectivity index (χ1n) is 8.18. The Labute approximate surface area is 162 Å². The molecular weight excluding hydrogens is 393 g/mol. The summed E-state index contributed by atoms with van der Waals surface area (Å²) >= 11 is 1.12. The van der Waals surface area contributed by atoms with Gasteiger partial charge in [-0.25, -0.2) is 9.97 Å². The van der Waals surface area contributed by atoms with Crippen LogP contribution in [0.2, 0.25) is 0 Å². The van der Waals surface area contributed by atoms with E-state index in [1.807, 2.05) is 0 Å². The number of hydrogen-bond donors (Lipinski definition) is 2. The largest absolute Gasteiger partial charge is 0.405 e. The van der Waals surface area contributed by atoms with E-state index in [2.05, 4.69) is 21.9 Å². The summed E-state index contributed by atoms with van der Waals surface area (Å²) in [6.07, 6.45) is 1.65. The van der Waals surface area contributed by atoms with E-state index in [-0.39, 0.29) is 17.9 Å². The second-order valence-electron chi connectivity index (χ2n) is 5.61. The summed E-state index contributed by atoms with van der Waals surface area (Å²) in [5, 5.41) is 10.5. The van der Waals surface area contributed by atoms with Gasteiger partial charge in [0.05, 0.1) is 17.5 Å². The highest BCUT2D eigenvalue weighted by atomic mass is 32.1. The van der Waals surface area contributed by atoms with Crippen molar-refractivity contribution >= 4 is 43.2 Å². The van der Waals surface area contributed by atoms with Gasteiger partial charge in [-0.3, -0.25) is 9.36 Å². The van der Waals surface area contributed by atoms with Crippen LogP contribution in [0.3, 0.4) is 0 Å². The lowest BCUT2D eigenvalue weighted by Crippen LogP contribution is -2.21. The SMILES string of the molecule is C/C=C(\C)n1cnc2c(sc3nccc(NCC(F)(F)F)c32)c1=O.C=CCO. The van der Waals surface area contributed by atoms with Gasteiger partial charge in [-0.15, -0.1) is 17.9 Å². The number of anilines is 1. The first-order chi connectivity index (χ1) is 13.2. The number of halogens is 3. The zero-order valence-corrected chi connectivity index (χ0v) is 16.1. The molecule has 150 valence electrons. The van der Waals surface area contributed by atoms with Crippen molar-refractivity contribution in [2.45, 2.75) is 20.0 Å². The van der Waals surface area contributed by atoms with Crippen LogP contribution in [-0.2, 0) is 0 Å². The van der Waals surface area contributed by atoms with E-state index in [9.17, 15) is 18.0 Å². The Balaban J connectivity index is 0.000000640. The predicted molar refractivity (Wildman–Crippen MR) is 107 cm³/mol. The standard InChI is InChI=1S/C15H13F3N4OS.C3H6O/c1-3-8(2)22-7-21-11-10-9(20-6-15(16,17)18)4-5-19-13(10)24-12(11)14(22)23;1-2-3-4/h3-5,7H,6H2,1-2H3,(H,19,20);2,4H,1,3H2/b8-3+;. The molecule has 0 fully saturated rings. The molecule has 0 spiro atoms. The topological polar surface area (TPSA) is 80.0 Å². The summed E-state index contributed by atoms with van der Waals surface area (Å²) in [6.45, 7) is 5.72. The molecule has 2 N–H and O–H groups in total. The van der Waals surface area contributed by atoms with E-state index in [4.69, 9.17) is 5.11 Å². The highest BCUT2D eigenvalue weighted by molar-refractivity contribution is 7.25. The highest BCUT2D eigenvalue weighted by Gasteiger charge is 2.27. The zero-order valence-electron chi connectivity index (χ0n) is 15.2. The van der Waals surface area contributed by atoms with Crippen molar-refractivity contribution in [2.24, 2.45) is 0 Å². The van der Waals surface area contributed by atoms with Crippen molar-refractivity contribution in [1.29, 1.82) is 0 Å². The number of aliphatic hydroxyl groups excluding tert-OH is 1. The van der Waals surface area contributed by atoms with Crippen molar-refractivity contribution in [3.63, 3.8) is 0 Å². The number of pyridine rings is 1. The molecule has 6 nitrogen and oxygen atoms in total. The van der Waals surface area contributed by atoms with Crippen molar-refractivity contribution in [3.8, 4) is 0 Å². The van der Waals surface area contributed by atoms with Gasteiger partial charge in [-0.1, -0.05) is 12.2 Å². The maximum atomic E-state index is 12.6. The summed E-state index contributed by atoms with van der Waals surface area (Å²) in [7, 11) is 0. The first-order valence-corrected chi connectivity index (χ1v) is 8.99. The molecule has 0 amide bonds. The molecule has 0 atom stereocenters. The molecule has 3 aromatic rings. The van der Waals surface area contributed by atoms with Crippen LogP contribution in [0, 0.1) is 0 Å². The molecule has 3 aromatic heterocycles. The molecule has 0 saturated carbocycles. The van der Waals surface area contributed by atoms with Crippen molar-refractivity contribution < 1.29 is 18.3 Å². The predicted octanol–water partition coefficient (Wildman–Crippen LogP) is 4.03. The molecule has 0 bridgehead atoms. The van der Waals surface area contributed by atoms with Gasteiger partial charge < -0.3 is 10.4 Å². The van der Waals surface area contributed by atoms with E-state index in [0.717, 1.165) is 17.0 Å². The minimum atomic E-state index is -4.34. The van der Waals surface area contributed by atoms with Crippen LogP contribution in [0.15, 0.2) is 42.1 Å². The van der Waals surface area contributed by atoms with Crippen LogP contribution in [0.5, 0.6) is 0 Å². The van der Waals surface area contributed by atoms with Gasteiger partial charge in [0.2, 0.25) is 0 Å². The Kier molecular flexibility index (Phi) is 6.92. The molecule has 0 unspecified atom stereocenters. The number of alkyl halides is 3. The minimum absolute atomic E-state index is 0.0833. The molecular formula is C18H19F3N4O2S. The summed E-state index contributed by atoms with van der Waals surface area (Å²) in [6, 6.07) is 1.45. The van der Waals surface area contributed by atoms with Gasteiger partial charge in [0.25, 0.3) is 5.56 Å². The summed E-state index contributed by atoms with van der Waals surface area (Å²) in [5.41, 5.74) is 1.07. The van der Waals surface area contributed by atoms with Crippen LogP contribution in [0.25, 0.3) is 26.1 Å². The van der Waals surface area contributed by atoms with Crippen molar-refractivity contribution in [2.75, 3.05) is 18.5 Å². The van der Waals surface area contributed by atoms with E-state index >= 15 is 0 Å². The fourth-order valence-electron chi connectivity index (χ4n) is 2.29. The second kappa shape index (κ2) is 8.98. The fourth-order valence-corrected chi connectivity index (χ4v) is 3.34. The smallest absolute Gasteiger partial charge is 0.392 e. The van der Waals surface area contributed by atoms with E-state index in [1.54, 1.807) is 19.9 Å². The number of aromatic nitrogens is 3. The molecule has 0 aliphatic carbocycles. The highest BCUT2D eigenvalue weighted by Crippen LogP contribution is 2.34. The summed E-state index contributed by atoms with van der Waals surface area (Å²) < 4.78 is 39.2. The third-order valence-electron chi connectivity index (χ3n) is 3.69. The molecule has 28 heavy (non-hydrogen) atoms. The summed E-state index contributed by atoms with van der Waals surface area (Å²) in [5.74, 6) is 0. The third kappa shape index (κ3) is 4.76. The molecule has 0 saturated heterocycles. The average Bonchev–Trinajstić information content (AvgIpc) is 3.06. The van der Waals surface area contributed by atoms with Gasteiger partial charge in [0.1, 0.15) is 22.4 Å². The molecule has 10 heteroatoms. The van der Waals surface area contributed by atoms with E-state index in [0.29, 0.717) is 20.4 Å². The molecule has 0 radical (unpaired) electrons. The third-order valence-corrected chi connectivity index (χ3v) is 4.76. The van der Waals surface area contributed by atoms with E-state index < -0.39 is 12.7 Å². The van der Waals surface area contributed by atoms with Gasteiger partial charge in [0, 0.05) is 17.6 Å². The lowest BCUT2D eigenvalue weighted by Gasteiger charge is -2.10. The summed E-state index contributed by atoms with van der Waals surface area (Å²) in [4.78, 5) is 21.5. The maximum absolute atomic E-state index is 12.6. The average molecular weight is 412 g/mol. The molecule has 0 aromatic carbocycles. The number of hydrogen-bond acceptors (Lipinski definition) is 6. The number of rotatable bonds is 4. The first kappa shape index (κ1) is 21.6. The molecule has 0 aliphatic rings. The monoisotopic (exact) mass is 412 g/mol. The lowest BCUT2D eigenvalue weighted by molar-refractivity contribution is -0.115. The fraction of sp³-hybridized carbons (Fsp3) is 0.278. The minimum Gasteiger partial charge on any atom is -0.392 e. The maximum Gasteiger partial charge on any atom is 0.405 e. The number of aliphatic hydroxyl groups is 1. The Morgan fingerprint density at radius 3 is 2.68 bits per heavy atom. The van der Waals surface area contributed by atoms with Crippen LogP contribution in [0.4, 0.5) is 18.9 Å².